The third-order valence-electron chi connectivity index (χ3n) is 6.62. The summed E-state index contributed by atoms with van der Waals surface area (Å²) in [7, 11) is 0. The molecule has 0 unspecified atom stereocenters. The topological polar surface area (TPSA) is 74.3 Å². The van der Waals surface area contributed by atoms with Gasteiger partial charge >= 0.3 is 0 Å². The maximum absolute atomic E-state index is 11.4. The van der Waals surface area contributed by atoms with Crippen molar-refractivity contribution in [2.24, 2.45) is 0 Å². The molecule has 0 atom stereocenters. The second kappa shape index (κ2) is 26.3. The van der Waals surface area contributed by atoms with Crippen molar-refractivity contribution in [1.29, 1.82) is 0 Å². The standard InChI is InChI=1S/C30H55NO6/c1-2-3-4-5-6-7-8-9-10-11-12-13-14-15-16-17-21-34-23-25-36-27-28-37-26-24-35-22-20-31-29(32)18-19-30(31)33/h18-19H,2-17,20-28H2,1H3. The van der Waals surface area contributed by atoms with Crippen LogP contribution in [0.25, 0.3) is 0 Å². The summed E-state index contributed by atoms with van der Waals surface area (Å²) in [6.07, 6.45) is 24.7. The number of ether oxygens (including phenoxy) is 4. The van der Waals surface area contributed by atoms with E-state index in [0.717, 1.165) is 17.9 Å². The molecule has 1 aliphatic rings. The summed E-state index contributed by atoms with van der Waals surface area (Å²) in [5.41, 5.74) is 0. The van der Waals surface area contributed by atoms with Gasteiger partial charge in [-0.1, -0.05) is 103 Å². The zero-order valence-corrected chi connectivity index (χ0v) is 23.7. The second-order valence-electron chi connectivity index (χ2n) is 9.91. The molecular weight excluding hydrogens is 470 g/mol. The molecule has 2 amide bonds. The second-order valence-corrected chi connectivity index (χ2v) is 9.91. The predicted octanol–water partition coefficient (Wildman–Crippen LogP) is 6.24. The maximum atomic E-state index is 11.4. The van der Waals surface area contributed by atoms with Gasteiger partial charge in [0, 0.05) is 18.8 Å². The molecule has 0 spiro atoms. The quantitative estimate of drug-likeness (QED) is 0.0850. The van der Waals surface area contributed by atoms with Gasteiger partial charge in [-0.3, -0.25) is 14.5 Å². The Hall–Kier alpha value is -1.28. The lowest BCUT2D eigenvalue weighted by atomic mass is 10.0. The first kappa shape index (κ1) is 33.7. The number of rotatable bonds is 29. The Morgan fingerprint density at radius 2 is 0.784 bits per heavy atom. The van der Waals surface area contributed by atoms with Crippen molar-refractivity contribution in [2.75, 3.05) is 59.4 Å². The van der Waals surface area contributed by atoms with Crippen molar-refractivity contribution in [1.82, 2.24) is 4.90 Å². The molecule has 0 aromatic heterocycles. The van der Waals surface area contributed by atoms with Crippen molar-refractivity contribution in [3.05, 3.63) is 12.2 Å². The Bertz CT molecular complexity index is 550. The molecular formula is C30H55NO6. The minimum Gasteiger partial charge on any atom is -0.379 e. The molecule has 1 heterocycles. The number of unbranched alkanes of at least 4 members (excludes halogenated alkanes) is 15. The average molecular weight is 526 g/mol. The van der Waals surface area contributed by atoms with Gasteiger partial charge in [0.05, 0.1) is 52.8 Å². The summed E-state index contributed by atoms with van der Waals surface area (Å²) in [6.45, 7) is 6.83. The van der Waals surface area contributed by atoms with Crippen LogP contribution in [0.5, 0.6) is 0 Å². The largest absolute Gasteiger partial charge is 0.379 e. The highest BCUT2D eigenvalue weighted by Gasteiger charge is 2.22. The summed E-state index contributed by atoms with van der Waals surface area (Å²) in [4.78, 5) is 23.9. The van der Waals surface area contributed by atoms with E-state index < -0.39 is 0 Å². The number of imide groups is 1. The van der Waals surface area contributed by atoms with Gasteiger partial charge in [0.25, 0.3) is 11.8 Å². The predicted molar refractivity (Wildman–Crippen MR) is 149 cm³/mol. The molecule has 1 rings (SSSR count). The number of carbonyl (C=O) groups excluding carboxylic acids is 2. The van der Waals surface area contributed by atoms with Crippen molar-refractivity contribution in [3.8, 4) is 0 Å². The van der Waals surface area contributed by atoms with Gasteiger partial charge in [-0.15, -0.1) is 0 Å². The Kier molecular flexibility index (Phi) is 24.0. The third kappa shape index (κ3) is 21.4. The molecule has 37 heavy (non-hydrogen) atoms. The highest BCUT2D eigenvalue weighted by Crippen LogP contribution is 2.13. The van der Waals surface area contributed by atoms with E-state index in [1.807, 2.05) is 0 Å². The van der Waals surface area contributed by atoms with Gasteiger partial charge in [0.1, 0.15) is 0 Å². The van der Waals surface area contributed by atoms with Crippen LogP contribution in [-0.4, -0.2) is 76.1 Å². The van der Waals surface area contributed by atoms with Crippen LogP contribution in [0.3, 0.4) is 0 Å². The molecule has 0 saturated carbocycles. The number of hydrogen-bond donors (Lipinski definition) is 0. The fourth-order valence-corrected chi connectivity index (χ4v) is 4.32. The zero-order valence-electron chi connectivity index (χ0n) is 23.7. The molecule has 0 fully saturated rings. The minimum atomic E-state index is -0.281. The molecule has 0 bridgehead atoms. The summed E-state index contributed by atoms with van der Waals surface area (Å²) in [5, 5.41) is 0. The van der Waals surface area contributed by atoms with Crippen molar-refractivity contribution >= 4 is 11.8 Å². The number of amides is 2. The highest BCUT2D eigenvalue weighted by atomic mass is 16.6. The Labute approximate surface area is 226 Å². The lowest BCUT2D eigenvalue weighted by Gasteiger charge is -2.13. The molecule has 0 aromatic rings. The Morgan fingerprint density at radius 1 is 0.459 bits per heavy atom. The third-order valence-corrected chi connectivity index (χ3v) is 6.62. The molecule has 0 N–H and O–H groups in total. The van der Waals surface area contributed by atoms with Gasteiger partial charge in [-0.2, -0.15) is 0 Å². The molecule has 7 heteroatoms. The van der Waals surface area contributed by atoms with Crippen LogP contribution in [0.2, 0.25) is 0 Å². The van der Waals surface area contributed by atoms with Crippen LogP contribution in [0.1, 0.15) is 110 Å². The summed E-state index contributed by atoms with van der Waals surface area (Å²) < 4.78 is 22.0. The minimum absolute atomic E-state index is 0.271. The Morgan fingerprint density at radius 3 is 1.19 bits per heavy atom. The summed E-state index contributed by atoms with van der Waals surface area (Å²) in [5.74, 6) is -0.563. The van der Waals surface area contributed by atoms with Gasteiger partial charge in [-0.25, -0.2) is 0 Å². The lowest BCUT2D eigenvalue weighted by Crippen LogP contribution is -2.33. The van der Waals surface area contributed by atoms with Crippen LogP contribution in [-0.2, 0) is 28.5 Å². The maximum Gasteiger partial charge on any atom is 0.253 e. The molecule has 0 saturated heterocycles. The van der Waals surface area contributed by atoms with Crippen molar-refractivity contribution < 1.29 is 28.5 Å². The van der Waals surface area contributed by atoms with Crippen LogP contribution in [0.15, 0.2) is 12.2 Å². The molecule has 216 valence electrons. The molecule has 0 aliphatic carbocycles. The monoisotopic (exact) mass is 525 g/mol. The van der Waals surface area contributed by atoms with Gasteiger partial charge in [-0.05, 0) is 6.42 Å². The molecule has 0 radical (unpaired) electrons. The van der Waals surface area contributed by atoms with E-state index in [4.69, 9.17) is 18.9 Å². The smallest absolute Gasteiger partial charge is 0.253 e. The SMILES string of the molecule is CCCCCCCCCCCCCCCCCCOCCOCCOCCOCCN1C(=O)C=CC1=O. The first-order chi connectivity index (χ1) is 18.3. The lowest BCUT2D eigenvalue weighted by molar-refractivity contribution is -0.137. The van der Waals surface area contributed by atoms with Crippen molar-refractivity contribution in [2.45, 2.75) is 110 Å². The highest BCUT2D eigenvalue weighted by molar-refractivity contribution is 6.12. The number of carbonyl (C=O) groups is 2. The van der Waals surface area contributed by atoms with Gasteiger partial charge in [0.2, 0.25) is 0 Å². The zero-order chi connectivity index (χ0) is 26.7. The van der Waals surface area contributed by atoms with Crippen molar-refractivity contribution in [3.63, 3.8) is 0 Å². The molecule has 1 aliphatic heterocycles. The van der Waals surface area contributed by atoms with Crippen LogP contribution in [0, 0.1) is 0 Å². The van der Waals surface area contributed by atoms with Crippen LogP contribution < -0.4 is 0 Å². The van der Waals surface area contributed by atoms with E-state index in [1.54, 1.807) is 0 Å². The molecule has 0 aromatic carbocycles. The number of hydrogen-bond acceptors (Lipinski definition) is 6. The van der Waals surface area contributed by atoms with Crippen LogP contribution >= 0.6 is 0 Å². The number of nitrogens with zero attached hydrogens (tertiary/aromatic N) is 1. The first-order valence-corrected chi connectivity index (χ1v) is 15.1. The van der Waals surface area contributed by atoms with E-state index in [1.165, 1.54) is 108 Å². The summed E-state index contributed by atoms with van der Waals surface area (Å²) in [6, 6.07) is 0. The van der Waals surface area contributed by atoms with E-state index in [0.29, 0.717) is 46.2 Å². The summed E-state index contributed by atoms with van der Waals surface area (Å²) >= 11 is 0. The van der Waals surface area contributed by atoms with E-state index in [9.17, 15) is 9.59 Å². The van der Waals surface area contributed by atoms with E-state index >= 15 is 0 Å². The fourth-order valence-electron chi connectivity index (χ4n) is 4.32. The van der Waals surface area contributed by atoms with E-state index in [2.05, 4.69) is 6.92 Å². The average Bonchev–Trinajstić information content (AvgIpc) is 3.22. The Balaban J connectivity index is 1.64. The van der Waals surface area contributed by atoms with E-state index in [-0.39, 0.29) is 18.4 Å². The van der Waals surface area contributed by atoms with Crippen LogP contribution in [0.4, 0.5) is 0 Å². The first-order valence-electron chi connectivity index (χ1n) is 15.1. The molecule has 7 nitrogen and oxygen atoms in total. The fraction of sp³-hybridized carbons (Fsp3) is 0.867. The van der Waals surface area contributed by atoms with Gasteiger partial charge in [0.15, 0.2) is 0 Å². The normalized spacial score (nSPS) is 13.4. The van der Waals surface area contributed by atoms with Gasteiger partial charge < -0.3 is 18.9 Å².